The maximum absolute atomic E-state index is 5.98. The Bertz CT molecular complexity index is 702. The molecular formula is C18H21ClN2OS. The summed E-state index contributed by atoms with van der Waals surface area (Å²) in [6, 6.07) is 9.93. The van der Waals surface area contributed by atoms with E-state index >= 15 is 0 Å². The van der Waals surface area contributed by atoms with Crippen molar-refractivity contribution in [1.29, 1.82) is 0 Å². The van der Waals surface area contributed by atoms with E-state index in [2.05, 4.69) is 24.1 Å². The van der Waals surface area contributed by atoms with Crippen LogP contribution in [0.5, 0.6) is 0 Å². The lowest BCUT2D eigenvalue weighted by Crippen LogP contribution is -2.07. The maximum Gasteiger partial charge on any atom is 0.134 e. The number of thiophene rings is 1. The summed E-state index contributed by atoms with van der Waals surface area (Å²) >= 11 is 7.65. The minimum absolute atomic E-state index is 0.736. The molecule has 0 fully saturated rings. The van der Waals surface area contributed by atoms with Crippen LogP contribution in [0.25, 0.3) is 16.2 Å². The van der Waals surface area contributed by atoms with Crippen LogP contribution >= 0.6 is 22.9 Å². The largest absolute Gasteiger partial charge is 0.496 e. The molecule has 0 amide bonds. The molecule has 1 aromatic carbocycles. The standard InChI is InChI=1S/C18H21ClN2OS/c1-5-6-16(22-4)18-15(20-12-21(2)3)11-17(23-18)13-7-9-14(19)10-8-13/h6-12H,5H2,1-4H3/b16-6-,20-12?. The molecule has 2 aromatic rings. The van der Waals surface area contributed by atoms with Gasteiger partial charge in [0, 0.05) is 24.0 Å². The number of hydrogen-bond acceptors (Lipinski definition) is 3. The Morgan fingerprint density at radius 2 is 2.00 bits per heavy atom. The molecule has 0 saturated heterocycles. The molecule has 0 aliphatic carbocycles. The van der Waals surface area contributed by atoms with Crippen LogP contribution in [-0.4, -0.2) is 32.4 Å². The Balaban J connectivity index is 2.50. The van der Waals surface area contributed by atoms with Gasteiger partial charge in [-0.1, -0.05) is 30.7 Å². The maximum atomic E-state index is 5.98. The van der Waals surface area contributed by atoms with Gasteiger partial charge >= 0.3 is 0 Å². The molecule has 1 aromatic heterocycles. The van der Waals surface area contributed by atoms with Crippen molar-refractivity contribution in [3.05, 3.63) is 46.3 Å². The summed E-state index contributed by atoms with van der Waals surface area (Å²) in [5, 5.41) is 0.736. The molecule has 0 bridgehead atoms. The van der Waals surface area contributed by atoms with E-state index in [0.717, 1.165) is 38.2 Å². The Labute approximate surface area is 146 Å². The van der Waals surface area contributed by atoms with Crippen LogP contribution in [0, 0.1) is 0 Å². The molecule has 2 rings (SSSR count). The second kappa shape index (κ2) is 8.18. The predicted octanol–water partition coefficient (Wildman–Crippen LogP) is 5.69. The van der Waals surface area contributed by atoms with Crippen molar-refractivity contribution in [3.8, 4) is 10.4 Å². The van der Waals surface area contributed by atoms with E-state index in [1.165, 1.54) is 0 Å². The lowest BCUT2D eigenvalue weighted by Gasteiger charge is -2.06. The fraction of sp³-hybridized carbons (Fsp3) is 0.278. The van der Waals surface area contributed by atoms with Gasteiger partial charge in [0.15, 0.2) is 0 Å². The summed E-state index contributed by atoms with van der Waals surface area (Å²) in [6.45, 7) is 2.09. The van der Waals surface area contributed by atoms with Crippen LogP contribution in [0.4, 0.5) is 5.69 Å². The first-order valence-electron chi connectivity index (χ1n) is 7.40. The number of allylic oxidation sites excluding steroid dienone is 1. The monoisotopic (exact) mass is 348 g/mol. The summed E-state index contributed by atoms with van der Waals surface area (Å²) < 4.78 is 5.56. The van der Waals surface area contributed by atoms with E-state index in [1.54, 1.807) is 24.8 Å². The molecule has 23 heavy (non-hydrogen) atoms. The van der Waals surface area contributed by atoms with Crippen LogP contribution in [0.3, 0.4) is 0 Å². The van der Waals surface area contributed by atoms with E-state index in [1.807, 2.05) is 43.3 Å². The molecule has 5 heteroatoms. The van der Waals surface area contributed by atoms with Gasteiger partial charge in [0.2, 0.25) is 0 Å². The first-order valence-corrected chi connectivity index (χ1v) is 8.59. The van der Waals surface area contributed by atoms with Crippen LogP contribution in [0.1, 0.15) is 18.2 Å². The van der Waals surface area contributed by atoms with Gasteiger partial charge in [-0.05, 0) is 36.3 Å². The molecule has 0 radical (unpaired) electrons. The Hall–Kier alpha value is -1.78. The summed E-state index contributed by atoms with van der Waals surface area (Å²) in [7, 11) is 5.60. The fourth-order valence-electron chi connectivity index (χ4n) is 2.04. The quantitative estimate of drug-likeness (QED) is 0.380. The highest BCUT2D eigenvalue weighted by Crippen LogP contribution is 2.40. The third kappa shape index (κ3) is 4.60. The molecule has 3 nitrogen and oxygen atoms in total. The van der Waals surface area contributed by atoms with Gasteiger partial charge < -0.3 is 9.64 Å². The van der Waals surface area contributed by atoms with E-state index in [9.17, 15) is 0 Å². The van der Waals surface area contributed by atoms with Crippen molar-refractivity contribution >= 4 is 40.7 Å². The second-order valence-corrected chi connectivity index (χ2v) is 6.71. The summed E-state index contributed by atoms with van der Waals surface area (Å²) in [5.74, 6) is 0.864. The van der Waals surface area contributed by atoms with Crippen molar-refractivity contribution in [2.24, 2.45) is 4.99 Å². The first kappa shape index (κ1) is 17.6. The predicted molar refractivity (Wildman–Crippen MR) is 102 cm³/mol. The van der Waals surface area contributed by atoms with Crippen molar-refractivity contribution in [3.63, 3.8) is 0 Å². The summed E-state index contributed by atoms with van der Waals surface area (Å²) in [4.78, 5) is 8.68. The Morgan fingerprint density at radius 1 is 1.30 bits per heavy atom. The van der Waals surface area contributed by atoms with Crippen LogP contribution < -0.4 is 0 Å². The number of rotatable bonds is 6. The van der Waals surface area contributed by atoms with Gasteiger partial charge in [-0.15, -0.1) is 11.3 Å². The van der Waals surface area contributed by atoms with Crippen molar-refractivity contribution < 1.29 is 4.74 Å². The zero-order chi connectivity index (χ0) is 16.8. The summed E-state index contributed by atoms with van der Waals surface area (Å²) in [5.41, 5.74) is 2.04. The topological polar surface area (TPSA) is 24.8 Å². The van der Waals surface area contributed by atoms with Gasteiger partial charge in [0.1, 0.15) is 5.76 Å². The molecule has 0 aliphatic heterocycles. The minimum Gasteiger partial charge on any atom is -0.496 e. The van der Waals surface area contributed by atoms with Crippen molar-refractivity contribution in [2.75, 3.05) is 21.2 Å². The average Bonchev–Trinajstić information content (AvgIpc) is 2.95. The molecule has 0 unspecified atom stereocenters. The van der Waals surface area contributed by atoms with Crippen molar-refractivity contribution in [2.45, 2.75) is 13.3 Å². The Kier molecular flexibility index (Phi) is 6.25. The SMILES string of the molecule is CC/C=C(\OC)c1sc(-c2ccc(Cl)cc2)cc1N=CN(C)C. The van der Waals surface area contributed by atoms with Crippen LogP contribution in [-0.2, 0) is 4.74 Å². The zero-order valence-corrected chi connectivity index (χ0v) is 15.4. The van der Waals surface area contributed by atoms with E-state index in [0.29, 0.717) is 0 Å². The molecular weight excluding hydrogens is 328 g/mol. The third-order valence-corrected chi connectivity index (χ3v) is 4.54. The molecule has 0 spiro atoms. The number of aliphatic imine (C=N–C) groups is 1. The number of methoxy groups -OCH3 is 1. The smallest absolute Gasteiger partial charge is 0.134 e. The van der Waals surface area contributed by atoms with Gasteiger partial charge in [-0.3, -0.25) is 0 Å². The number of benzene rings is 1. The first-order chi connectivity index (χ1) is 11.0. The molecule has 122 valence electrons. The lowest BCUT2D eigenvalue weighted by atomic mass is 10.2. The molecule has 0 aliphatic rings. The Morgan fingerprint density at radius 3 is 2.57 bits per heavy atom. The van der Waals surface area contributed by atoms with Gasteiger partial charge in [0.05, 0.1) is 24.0 Å². The third-order valence-electron chi connectivity index (χ3n) is 3.10. The molecule has 0 saturated carbocycles. The van der Waals surface area contributed by atoms with Crippen LogP contribution in [0.2, 0.25) is 5.02 Å². The molecule has 0 N–H and O–H groups in total. The van der Waals surface area contributed by atoms with Gasteiger partial charge in [0.25, 0.3) is 0 Å². The van der Waals surface area contributed by atoms with E-state index < -0.39 is 0 Å². The molecule has 1 heterocycles. The minimum atomic E-state index is 0.736. The van der Waals surface area contributed by atoms with Gasteiger partial charge in [-0.25, -0.2) is 4.99 Å². The average molecular weight is 349 g/mol. The number of halogens is 1. The van der Waals surface area contributed by atoms with Crippen LogP contribution in [0.15, 0.2) is 41.4 Å². The van der Waals surface area contributed by atoms with Crippen molar-refractivity contribution in [1.82, 2.24) is 4.90 Å². The van der Waals surface area contributed by atoms with E-state index in [4.69, 9.17) is 16.3 Å². The van der Waals surface area contributed by atoms with Gasteiger partial charge in [-0.2, -0.15) is 0 Å². The highest BCUT2D eigenvalue weighted by atomic mass is 35.5. The second-order valence-electron chi connectivity index (χ2n) is 5.22. The lowest BCUT2D eigenvalue weighted by molar-refractivity contribution is 0.370. The molecule has 0 atom stereocenters. The highest BCUT2D eigenvalue weighted by Gasteiger charge is 2.14. The zero-order valence-electron chi connectivity index (χ0n) is 13.8. The highest BCUT2D eigenvalue weighted by molar-refractivity contribution is 7.17. The number of hydrogen-bond donors (Lipinski definition) is 0. The van der Waals surface area contributed by atoms with E-state index in [-0.39, 0.29) is 0 Å². The normalized spacial score (nSPS) is 12.0. The summed E-state index contributed by atoms with van der Waals surface area (Å²) in [6.07, 6.45) is 4.79. The fourth-order valence-corrected chi connectivity index (χ4v) is 3.30. The number of nitrogens with zero attached hydrogens (tertiary/aromatic N) is 2. The number of ether oxygens (including phenoxy) is 1.